The van der Waals surface area contributed by atoms with E-state index in [0.717, 1.165) is 13.8 Å². The van der Waals surface area contributed by atoms with Gasteiger partial charge in [-0.2, -0.15) is 22.0 Å². The second-order valence-electron chi connectivity index (χ2n) is 3.60. The second kappa shape index (κ2) is 4.16. The highest BCUT2D eigenvalue weighted by Gasteiger charge is 2.43. The van der Waals surface area contributed by atoms with Gasteiger partial charge in [0.2, 0.25) is 0 Å². The summed E-state index contributed by atoms with van der Waals surface area (Å²) in [7, 11) is 0. The van der Waals surface area contributed by atoms with Crippen molar-refractivity contribution >= 4 is 5.97 Å². The van der Waals surface area contributed by atoms with E-state index in [1.165, 1.54) is 0 Å². The molecule has 0 fully saturated rings. The van der Waals surface area contributed by atoms with Gasteiger partial charge in [0.25, 0.3) is 6.08 Å². The summed E-state index contributed by atoms with van der Waals surface area (Å²) in [4.78, 5) is 10.5. The van der Waals surface area contributed by atoms with Crippen LogP contribution in [0, 0.1) is 5.41 Å². The first-order chi connectivity index (χ1) is 6.48. The van der Waals surface area contributed by atoms with Gasteiger partial charge in [0.1, 0.15) is 0 Å². The van der Waals surface area contributed by atoms with Crippen LogP contribution in [-0.2, 0) is 4.79 Å². The summed E-state index contributed by atoms with van der Waals surface area (Å²) in [6, 6.07) is 0. The van der Waals surface area contributed by atoms with E-state index in [-0.39, 0.29) is 0 Å². The van der Waals surface area contributed by atoms with Crippen LogP contribution >= 0.6 is 0 Å². The van der Waals surface area contributed by atoms with Crippen molar-refractivity contribution in [3.05, 3.63) is 11.7 Å². The highest BCUT2D eigenvalue weighted by atomic mass is 19.4. The third-order valence-corrected chi connectivity index (χ3v) is 1.77. The number of rotatable bonds is 3. The molecule has 0 amide bonds. The van der Waals surface area contributed by atoms with E-state index >= 15 is 0 Å². The van der Waals surface area contributed by atoms with Crippen LogP contribution in [0.15, 0.2) is 11.7 Å². The summed E-state index contributed by atoms with van der Waals surface area (Å²) in [5.74, 6) is -1.56. The summed E-state index contributed by atoms with van der Waals surface area (Å²) in [6.45, 7) is 1.90. The van der Waals surface area contributed by atoms with Crippen LogP contribution in [0.1, 0.15) is 20.3 Å². The summed E-state index contributed by atoms with van der Waals surface area (Å²) in [6.07, 6.45) is -9.35. The van der Waals surface area contributed by atoms with Gasteiger partial charge in [0, 0.05) is 0 Å². The zero-order valence-electron chi connectivity index (χ0n) is 7.95. The van der Waals surface area contributed by atoms with Crippen molar-refractivity contribution in [2.24, 2.45) is 5.41 Å². The van der Waals surface area contributed by atoms with E-state index < -0.39 is 35.6 Å². The maximum atomic E-state index is 12.0. The minimum Gasteiger partial charge on any atom is -0.481 e. The fourth-order valence-corrected chi connectivity index (χ4v) is 0.792. The van der Waals surface area contributed by atoms with Gasteiger partial charge in [-0.15, -0.1) is 0 Å². The Kier molecular flexibility index (Phi) is 3.84. The Hall–Kier alpha value is -1.14. The molecular formula is C8H9F5O2. The van der Waals surface area contributed by atoms with E-state index in [1.807, 2.05) is 0 Å². The molecule has 0 aliphatic carbocycles. The summed E-state index contributed by atoms with van der Waals surface area (Å²) in [5.41, 5.74) is -3.97. The molecule has 0 unspecified atom stereocenters. The van der Waals surface area contributed by atoms with Crippen molar-refractivity contribution in [3.63, 3.8) is 0 Å². The zero-order valence-corrected chi connectivity index (χ0v) is 7.95. The van der Waals surface area contributed by atoms with Crippen molar-refractivity contribution in [1.82, 2.24) is 0 Å². The molecule has 0 bridgehead atoms. The molecule has 0 saturated heterocycles. The number of carboxylic acids is 1. The Balaban J connectivity index is 5.07. The largest absolute Gasteiger partial charge is 0.481 e. The third kappa shape index (κ3) is 3.85. The molecule has 0 aromatic carbocycles. The predicted octanol–water partition coefficient (Wildman–Crippen LogP) is 3.20. The predicted molar refractivity (Wildman–Crippen MR) is 41.3 cm³/mol. The first kappa shape index (κ1) is 13.9. The zero-order chi connectivity index (χ0) is 12.4. The number of allylic oxidation sites excluding steroid dienone is 1. The molecule has 0 aromatic rings. The molecule has 0 aliphatic rings. The standard InChI is InChI=1S/C8H9F5O2/c1-7(2,6(14)15)3-4(5(9)10)8(11,12)13/h3H2,1-2H3,(H,14,15). The first-order valence-electron chi connectivity index (χ1n) is 3.83. The Labute approximate surface area is 82.4 Å². The smallest absolute Gasteiger partial charge is 0.417 e. The molecule has 0 atom stereocenters. The van der Waals surface area contributed by atoms with Crippen molar-refractivity contribution in [1.29, 1.82) is 0 Å². The van der Waals surface area contributed by atoms with Gasteiger partial charge in [-0.1, -0.05) is 0 Å². The van der Waals surface area contributed by atoms with Gasteiger partial charge in [0.15, 0.2) is 0 Å². The lowest BCUT2D eigenvalue weighted by Gasteiger charge is -2.21. The maximum Gasteiger partial charge on any atom is 0.417 e. The fraction of sp³-hybridized carbons (Fsp3) is 0.625. The topological polar surface area (TPSA) is 37.3 Å². The molecule has 0 spiro atoms. The Bertz CT molecular complexity index is 286. The van der Waals surface area contributed by atoms with Crippen LogP contribution < -0.4 is 0 Å². The normalized spacial score (nSPS) is 12.5. The molecule has 88 valence electrons. The molecule has 0 rings (SSSR count). The number of aliphatic carboxylic acids is 1. The van der Waals surface area contributed by atoms with Crippen LogP contribution in [0.3, 0.4) is 0 Å². The number of carbonyl (C=O) groups is 1. The first-order valence-corrected chi connectivity index (χ1v) is 3.83. The van der Waals surface area contributed by atoms with Gasteiger partial charge in [-0.3, -0.25) is 4.79 Å². The highest BCUT2D eigenvalue weighted by Crippen LogP contribution is 2.38. The van der Waals surface area contributed by atoms with Crippen LogP contribution in [0.4, 0.5) is 22.0 Å². The van der Waals surface area contributed by atoms with Crippen molar-refractivity contribution in [2.45, 2.75) is 26.4 Å². The van der Waals surface area contributed by atoms with E-state index in [4.69, 9.17) is 5.11 Å². The van der Waals surface area contributed by atoms with Crippen molar-refractivity contribution in [2.75, 3.05) is 0 Å². The molecule has 0 heterocycles. The quantitative estimate of drug-likeness (QED) is 0.758. The second-order valence-corrected chi connectivity index (χ2v) is 3.60. The van der Waals surface area contributed by atoms with Gasteiger partial charge in [0.05, 0.1) is 11.0 Å². The number of halogens is 5. The molecule has 0 aromatic heterocycles. The summed E-state index contributed by atoms with van der Waals surface area (Å²) >= 11 is 0. The molecular weight excluding hydrogens is 223 g/mol. The molecule has 15 heavy (non-hydrogen) atoms. The number of hydrogen-bond donors (Lipinski definition) is 1. The Morgan fingerprint density at radius 3 is 1.80 bits per heavy atom. The number of hydrogen-bond acceptors (Lipinski definition) is 1. The molecule has 7 heteroatoms. The van der Waals surface area contributed by atoms with Gasteiger partial charge in [-0.25, -0.2) is 0 Å². The minimum atomic E-state index is -5.20. The number of carboxylic acid groups (broad SMARTS) is 1. The van der Waals surface area contributed by atoms with Crippen LogP contribution in [0.25, 0.3) is 0 Å². The van der Waals surface area contributed by atoms with Gasteiger partial charge < -0.3 is 5.11 Å². The van der Waals surface area contributed by atoms with Gasteiger partial charge in [-0.05, 0) is 20.3 Å². The third-order valence-electron chi connectivity index (χ3n) is 1.77. The SMILES string of the molecule is CC(C)(CC(=C(F)F)C(F)(F)F)C(=O)O. The van der Waals surface area contributed by atoms with E-state index in [9.17, 15) is 26.7 Å². The highest BCUT2D eigenvalue weighted by molar-refractivity contribution is 5.74. The maximum absolute atomic E-state index is 12.0. The summed E-state index contributed by atoms with van der Waals surface area (Å²) < 4.78 is 60.0. The van der Waals surface area contributed by atoms with Crippen LogP contribution in [0.5, 0.6) is 0 Å². The Morgan fingerprint density at radius 1 is 1.20 bits per heavy atom. The van der Waals surface area contributed by atoms with Crippen LogP contribution in [0.2, 0.25) is 0 Å². The van der Waals surface area contributed by atoms with Crippen LogP contribution in [-0.4, -0.2) is 17.3 Å². The molecule has 2 nitrogen and oxygen atoms in total. The average Bonchev–Trinajstić information content (AvgIpc) is 1.97. The Morgan fingerprint density at radius 2 is 1.60 bits per heavy atom. The minimum absolute atomic E-state index is 0.948. The molecule has 0 radical (unpaired) electrons. The molecule has 1 N–H and O–H groups in total. The monoisotopic (exact) mass is 232 g/mol. The molecule has 0 aliphatic heterocycles. The van der Waals surface area contributed by atoms with Gasteiger partial charge >= 0.3 is 12.1 Å². The van der Waals surface area contributed by atoms with E-state index in [0.29, 0.717) is 0 Å². The fourth-order valence-electron chi connectivity index (χ4n) is 0.792. The summed E-state index contributed by atoms with van der Waals surface area (Å²) in [5, 5.41) is 8.50. The lowest BCUT2D eigenvalue weighted by Crippen LogP contribution is -2.28. The molecule has 0 saturated carbocycles. The van der Waals surface area contributed by atoms with Crippen molar-refractivity contribution < 1.29 is 31.9 Å². The average molecular weight is 232 g/mol. The lowest BCUT2D eigenvalue weighted by atomic mass is 9.86. The van der Waals surface area contributed by atoms with Crippen molar-refractivity contribution in [3.8, 4) is 0 Å². The van der Waals surface area contributed by atoms with E-state index in [1.54, 1.807) is 0 Å². The van der Waals surface area contributed by atoms with E-state index in [2.05, 4.69) is 0 Å². The number of alkyl halides is 3. The lowest BCUT2D eigenvalue weighted by molar-refractivity contribution is -0.148.